The Hall–Kier alpha value is -2.04. The number of carboxylic acid groups (broad SMARTS) is 1. The van der Waals surface area contributed by atoms with Gasteiger partial charge in [-0.15, -0.1) is 0 Å². The zero-order valence-electron chi connectivity index (χ0n) is 11.9. The highest BCUT2D eigenvalue weighted by Gasteiger charge is 2.14. The molecule has 1 aromatic carbocycles. The topological polar surface area (TPSA) is 75.6 Å². The lowest BCUT2D eigenvalue weighted by Crippen LogP contribution is -2.38. The molecule has 20 heavy (non-hydrogen) atoms. The van der Waals surface area contributed by atoms with Gasteiger partial charge in [0.1, 0.15) is 5.75 Å². The lowest BCUT2D eigenvalue weighted by molar-refractivity contribution is -0.137. The standard InChI is InChI=1S/C15H21NO4/c1-3-11-6-5-7-13(8-11)20-10-14(17)16-12(4-2)9-15(18)19/h5-8,12H,3-4,9-10H2,1-2H3,(H,16,17)(H,18,19). The van der Waals surface area contributed by atoms with Crippen LogP contribution in [0.5, 0.6) is 5.75 Å². The van der Waals surface area contributed by atoms with E-state index in [9.17, 15) is 9.59 Å². The van der Waals surface area contributed by atoms with Gasteiger partial charge in [0.2, 0.25) is 0 Å². The van der Waals surface area contributed by atoms with Crippen LogP contribution < -0.4 is 10.1 Å². The highest BCUT2D eigenvalue weighted by Crippen LogP contribution is 2.13. The molecule has 0 aliphatic carbocycles. The molecule has 1 unspecified atom stereocenters. The van der Waals surface area contributed by atoms with Crippen molar-refractivity contribution >= 4 is 11.9 Å². The highest BCUT2D eigenvalue weighted by atomic mass is 16.5. The van der Waals surface area contributed by atoms with E-state index in [1.807, 2.05) is 32.0 Å². The molecule has 0 fully saturated rings. The van der Waals surface area contributed by atoms with Gasteiger partial charge in [-0.1, -0.05) is 26.0 Å². The Morgan fingerprint density at radius 1 is 1.35 bits per heavy atom. The summed E-state index contributed by atoms with van der Waals surface area (Å²) in [7, 11) is 0. The summed E-state index contributed by atoms with van der Waals surface area (Å²) >= 11 is 0. The van der Waals surface area contributed by atoms with Crippen molar-refractivity contribution in [2.24, 2.45) is 0 Å². The number of hydrogen-bond donors (Lipinski definition) is 2. The first-order valence-electron chi connectivity index (χ1n) is 6.78. The van der Waals surface area contributed by atoms with Gasteiger partial charge in [-0.25, -0.2) is 0 Å². The molecule has 5 nitrogen and oxygen atoms in total. The Morgan fingerprint density at radius 3 is 2.70 bits per heavy atom. The minimum Gasteiger partial charge on any atom is -0.484 e. The smallest absolute Gasteiger partial charge is 0.305 e. The van der Waals surface area contributed by atoms with Gasteiger partial charge in [0, 0.05) is 6.04 Å². The van der Waals surface area contributed by atoms with E-state index in [1.54, 1.807) is 6.07 Å². The molecule has 0 aliphatic rings. The van der Waals surface area contributed by atoms with E-state index >= 15 is 0 Å². The molecule has 110 valence electrons. The van der Waals surface area contributed by atoms with Gasteiger partial charge in [0.25, 0.3) is 5.91 Å². The maximum absolute atomic E-state index is 11.7. The van der Waals surface area contributed by atoms with Crippen LogP contribution in [0.1, 0.15) is 32.3 Å². The molecule has 0 aromatic heterocycles. The molecule has 0 spiro atoms. The molecular formula is C15H21NO4. The van der Waals surface area contributed by atoms with Crippen molar-refractivity contribution in [3.05, 3.63) is 29.8 Å². The van der Waals surface area contributed by atoms with Gasteiger partial charge in [-0.3, -0.25) is 9.59 Å². The molecule has 0 saturated heterocycles. The molecule has 0 aliphatic heterocycles. The number of rotatable bonds is 8. The third-order valence-corrected chi connectivity index (χ3v) is 2.96. The van der Waals surface area contributed by atoms with Gasteiger partial charge in [0.15, 0.2) is 6.61 Å². The van der Waals surface area contributed by atoms with E-state index < -0.39 is 5.97 Å². The van der Waals surface area contributed by atoms with E-state index in [4.69, 9.17) is 9.84 Å². The van der Waals surface area contributed by atoms with E-state index in [1.165, 1.54) is 0 Å². The molecule has 1 amide bonds. The first-order valence-corrected chi connectivity index (χ1v) is 6.78. The minimum absolute atomic E-state index is 0.0758. The van der Waals surface area contributed by atoms with Crippen LogP contribution in [-0.4, -0.2) is 29.6 Å². The second kappa shape index (κ2) is 8.19. The van der Waals surface area contributed by atoms with Gasteiger partial charge in [-0.05, 0) is 30.5 Å². The Balaban J connectivity index is 2.43. The maximum Gasteiger partial charge on any atom is 0.305 e. The third kappa shape index (κ3) is 5.73. The average molecular weight is 279 g/mol. The van der Waals surface area contributed by atoms with Crippen molar-refractivity contribution < 1.29 is 19.4 Å². The molecule has 0 bridgehead atoms. The minimum atomic E-state index is -0.922. The lowest BCUT2D eigenvalue weighted by atomic mass is 10.1. The van der Waals surface area contributed by atoms with Crippen molar-refractivity contribution in [1.82, 2.24) is 5.32 Å². The fraction of sp³-hybridized carbons (Fsp3) is 0.467. The van der Waals surface area contributed by atoms with Crippen LogP contribution in [0.4, 0.5) is 0 Å². The van der Waals surface area contributed by atoms with Gasteiger partial charge >= 0.3 is 5.97 Å². The first-order chi connectivity index (χ1) is 9.55. The van der Waals surface area contributed by atoms with Crippen LogP contribution in [0.2, 0.25) is 0 Å². The van der Waals surface area contributed by atoms with Gasteiger partial charge in [-0.2, -0.15) is 0 Å². The number of carbonyl (C=O) groups excluding carboxylic acids is 1. The normalized spacial score (nSPS) is 11.7. The molecule has 1 atom stereocenters. The van der Waals surface area contributed by atoms with Crippen molar-refractivity contribution in [2.45, 2.75) is 39.2 Å². The second-order valence-electron chi connectivity index (χ2n) is 4.56. The monoisotopic (exact) mass is 279 g/mol. The molecule has 2 N–H and O–H groups in total. The largest absolute Gasteiger partial charge is 0.484 e. The van der Waals surface area contributed by atoms with Crippen LogP contribution in [0.15, 0.2) is 24.3 Å². The molecule has 0 saturated carbocycles. The predicted octanol–water partition coefficient (Wildman–Crippen LogP) is 2.00. The first kappa shape index (κ1) is 16.0. The summed E-state index contributed by atoms with van der Waals surface area (Å²) in [5, 5.41) is 11.4. The van der Waals surface area contributed by atoms with Crippen molar-refractivity contribution in [3.63, 3.8) is 0 Å². The molecular weight excluding hydrogens is 258 g/mol. The fourth-order valence-electron chi connectivity index (χ4n) is 1.78. The highest BCUT2D eigenvalue weighted by molar-refractivity contribution is 5.78. The number of hydrogen-bond acceptors (Lipinski definition) is 3. The second-order valence-corrected chi connectivity index (χ2v) is 4.56. The van der Waals surface area contributed by atoms with E-state index in [2.05, 4.69) is 5.32 Å². The summed E-state index contributed by atoms with van der Waals surface area (Å²) in [5.74, 6) is -0.584. The van der Waals surface area contributed by atoms with Crippen LogP contribution >= 0.6 is 0 Å². The Bertz CT molecular complexity index is 459. The number of benzene rings is 1. The molecule has 0 radical (unpaired) electrons. The van der Waals surface area contributed by atoms with Crippen molar-refractivity contribution in [3.8, 4) is 5.75 Å². The summed E-state index contributed by atoms with van der Waals surface area (Å²) in [6.45, 7) is 3.77. The van der Waals surface area contributed by atoms with Gasteiger partial charge < -0.3 is 15.2 Å². The summed E-state index contributed by atoms with van der Waals surface area (Å²) in [4.78, 5) is 22.3. The predicted molar refractivity (Wildman–Crippen MR) is 75.8 cm³/mol. The number of nitrogens with one attached hydrogen (secondary N) is 1. The number of ether oxygens (including phenoxy) is 1. The zero-order chi connectivity index (χ0) is 15.0. The van der Waals surface area contributed by atoms with Crippen molar-refractivity contribution in [1.29, 1.82) is 0 Å². The molecule has 0 heterocycles. The summed E-state index contributed by atoms with van der Waals surface area (Å²) in [6, 6.07) is 7.20. The Labute approximate surface area is 118 Å². The molecule has 1 rings (SSSR count). The van der Waals surface area contributed by atoms with Crippen LogP contribution in [0.3, 0.4) is 0 Å². The third-order valence-electron chi connectivity index (χ3n) is 2.96. The average Bonchev–Trinajstić information content (AvgIpc) is 2.44. The van der Waals surface area contributed by atoms with Crippen LogP contribution in [-0.2, 0) is 16.0 Å². The summed E-state index contributed by atoms with van der Waals surface area (Å²) in [6.07, 6.45) is 1.40. The number of carboxylic acids is 1. The van der Waals surface area contributed by atoms with Crippen LogP contribution in [0, 0.1) is 0 Å². The zero-order valence-corrected chi connectivity index (χ0v) is 11.9. The fourth-order valence-corrected chi connectivity index (χ4v) is 1.78. The van der Waals surface area contributed by atoms with Crippen LogP contribution in [0.25, 0.3) is 0 Å². The molecule has 5 heteroatoms. The number of aryl methyl sites for hydroxylation is 1. The van der Waals surface area contributed by atoms with Crippen molar-refractivity contribution in [2.75, 3.05) is 6.61 Å². The Morgan fingerprint density at radius 2 is 2.10 bits per heavy atom. The Kier molecular flexibility index (Phi) is 6.56. The number of aliphatic carboxylic acids is 1. The summed E-state index contributed by atoms with van der Waals surface area (Å²) < 4.78 is 5.40. The number of amides is 1. The quantitative estimate of drug-likeness (QED) is 0.763. The summed E-state index contributed by atoms with van der Waals surface area (Å²) in [5.41, 5.74) is 1.14. The van der Waals surface area contributed by atoms with E-state index in [-0.39, 0.29) is 25.0 Å². The van der Waals surface area contributed by atoms with E-state index in [0.717, 1.165) is 12.0 Å². The molecule has 1 aromatic rings. The van der Waals surface area contributed by atoms with Gasteiger partial charge in [0.05, 0.1) is 6.42 Å². The number of carbonyl (C=O) groups is 2. The lowest BCUT2D eigenvalue weighted by Gasteiger charge is -2.15. The SMILES string of the molecule is CCc1cccc(OCC(=O)NC(CC)CC(=O)O)c1. The maximum atomic E-state index is 11.7. The van der Waals surface area contributed by atoms with E-state index in [0.29, 0.717) is 12.2 Å².